The molecule has 0 aliphatic heterocycles. The monoisotopic (exact) mass is 256 g/mol. The third-order valence-electron chi connectivity index (χ3n) is 3.68. The van der Waals surface area contributed by atoms with E-state index in [-0.39, 0.29) is 0 Å². The number of hydrogen-bond acceptors (Lipinski definition) is 2. The molecular weight excluding hydrogens is 228 g/mol. The van der Waals surface area contributed by atoms with Crippen LogP contribution in [0.5, 0.6) is 0 Å². The van der Waals surface area contributed by atoms with Crippen LogP contribution in [0.3, 0.4) is 0 Å². The van der Waals surface area contributed by atoms with Crippen molar-refractivity contribution in [3.05, 3.63) is 0 Å². The smallest absolute Gasteiger partial charge is 0.192 e. The molecule has 0 atom stereocenters. The lowest BCUT2D eigenvalue weighted by molar-refractivity contribution is -0.115. The maximum Gasteiger partial charge on any atom is 0.192 e. The molecule has 1 saturated carbocycles. The SMILES string of the molecule is CCCCCCCCSC(=O)C1CCCCC1. The molecular formula is C15H28OS. The second kappa shape index (κ2) is 9.99. The van der Waals surface area contributed by atoms with Crippen LogP contribution in [-0.2, 0) is 4.79 Å². The highest BCUT2D eigenvalue weighted by atomic mass is 32.2. The lowest BCUT2D eigenvalue weighted by Gasteiger charge is -2.19. The summed E-state index contributed by atoms with van der Waals surface area (Å²) in [5.41, 5.74) is 0. The van der Waals surface area contributed by atoms with Crippen LogP contribution in [0, 0.1) is 5.92 Å². The van der Waals surface area contributed by atoms with Crippen molar-refractivity contribution >= 4 is 16.9 Å². The average molecular weight is 256 g/mol. The second-order valence-electron chi connectivity index (χ2n) is 5.27. The quantitative estimate of drug-likeness (QED) is 0.556. The predicted octanol–water partition coefficient (Wildman–Crippen LogP) is 5.19. The van der Waals surface area contributed by atoms with Crippen molar-refractivity contribution in [3.63, 3.8) is 0 Å². The zero-order chi connectivity index (χ0) is 12.3. The van der Waals surface area contributed by atoms with Gasteiger partial charge in [0.05, 0.1) is 0 Å². The predicted molar refractivity (Wildman–Crippen MR) is 77.4 cm³/mol. The van der Waals surface area contributed by atoms with Crippen LogP contribution in [-0.4, -0.2) is 10.9 Å². The van der Waals surface area contributed by atoms with Crippen molar-refractivity contribution in [3.8, 4) is 0 Å². The molecule has 0 bridgehead atoms. The van der Waals surface area contributed by atoms with Crippen molar-refractivity contribution in [2.24, 2.45) is 5.92 Å². The molecule has 0 saturated heterocycles. The van der Waals surface area contributed by atoms with E-state index >= 15 is 0 Å². The maximum absolute atomic E-state index is 11.9. The van der Waals surface area contributed by atoms with Gasteiger partial charge in [0.1, 0.15) is 0 Å². The Morgan fingerprint density at radius 2 is 1.65 bits per heavy atom. The Labute approximate surface area is 111 Å². The normalized spacial score (nSPS) is 17.2. The number of unbranched alkanes of at least 4 members (excludes halogenated alkanes) is 5. The Balaban J connectivity index is 1.92. The first-order valence-corrected chi connectivity index (χ1v) is 8.49. The van der Waals surface area contributed by atoms with Crippen molar-refractivity contribution in [2.75, 3.05) is 5.75 Å². The summed E-state index contributed by atoms with van der Waals surface area (Å²) in [6.45, 7) is 2.25. The summed E-state index contributed by atoms with van der Waals surface area (Å²) in [5.74, 6) is 1.45. The first-order valence-electron chi connectivity index (χ1n) is 7.51. The highest BCUT2D eigenvalue weighted by molar-refractivity contribution is 8.13. The van der Waals surface area contributed by atoms with Crippen molar-refractivity contribution in [2.45, 2.75) is 77.6 Å². The molecule has 0 aromatic carbocycles. The number of rotatable bonds is 8. The second-order valence-corrected chi connectivity index (χ2v) is 6.37. The topological polar surface area (TPSA) is 17.1 Å². The highest BCUT2D eigenvalue weighted by Crippen LogP contribution is 2.28. The molecule has 100 valence electrons. The van der Waals surface area contributed by atoms with E-state index in [1.165, 1.54) is 57.8 Å². The fourth-order valence-corrected chi connectivity index (χ4v) is 3.53. The van der Waals surface area contributed by atoms with E-state index in [2.05, 4.69) is 6.92 Å². The van der Waals surface area contributed by atoms with Crippen LogP contribution in [0.2, 0.25) is 0 Å². The molecule has 0 N–H and O–H groups in total. The molecule has 1 rings (SSSR count). The third-order valence-corrected chi connectivity index (χ3v) is 4.79. The van der Waals surface area contributed by atoms with E-state index < -0.39 is 0 Å². The van der Waals surface area contributed by atoms with E-state index in [1.807, 2.05) is 0 Å². The molecule has 0 unspecified atom stereocenters. The van der Waals surface area contributed by atoms with Crippen LogP contribution in [0.25, 0.3) is 0 Å². The fourth-order valence-electron chi connectivity index (χ4n) is 2.51. The third kappa shape index (κ3) is 7.13. The molecule has 0 aromatic heterocycles. The van der Waals surface area contributed by atoms with Gasteiger partial charge in [-0.3, -0.25) is 4.79 Å². The Morgan fingerprint density at radius 3 is 2.35 bits per heavy atom. The minimum Gasteiger partial charge on any atom is -0.287 e. The van der Waals surface area contributed by atoms with Gasteiger partial charge in [-0.15, -0.1) is 0 Å². The Kier molecular flexibility index (Phi) is 8.86. The van der Waals surface area contributed by atoms with Gasteiger partial charge >= 0.3 is 0 Å². The summed E-state index contributed by atoms with van der Waals surface area (Å²) in [5, 5.41) is 0.484. The van der Waals surface area contributed by atoms with Gasteiger partial charge in [0.25, 0.3) is 0 Å². The highest BCUT2D eigenvalue weighted by Gasteiger charge is 2.20. The molecule has 0 amide bonds. The van der Waals surface area contributed by atoms with Gasteiger partial charge in [-0.25, -0.2) is 0 Å². The molecule has 0 aromatic rings. The number of carbonyl (C=O) groups excluding carboxylic acids is 1. The summed E-state index contributed by atoms with van der Waals surface area (Å²) in [4.78, 5) is 11.9. The molecule has 0 radical (unpaired) electrons. The lowest BCUT2D eigenvalue weighted by Crippen LogP contribution is -2.15. The van der Waals surface area contributed by atoms with E-state index in [4.69, 9.17) is 0 Å². The lowest BCUT2D eigenvalue weighted by atomic mass is 9.90. The van der Waals surface area contributed by atoms with Gasteiger partial charge in [-0.05, 0) is 19.3 Å². The molecule has 2 heteroatoms. The molecule has 1 aliphatic rings. The first kappa shape index (κ1) is 15.1. The number of hydrogen-bond donors (Lipinski definition) is 0. The van der Waals surface area contributed by atoms with Gasteiger partial charge < -0.3 is 0 Å². The van der Waals surface area contributed by atoms with E-state index in [0.29, 0.717) is 11.0 Å². The van der Waals surface area contributed by atoms with Crippen molar-refractivity contribution in [1.82, 2.24) is 0 Å². The van der Waals surface area contributed by atoms with Crippen LogP contribution in [0.4, 0.5) is 0 Å². The zero-order valence-electron chi connectivity index (χ0n) is 11.4. The Morgan fingerprint density at radius 1 is 1.00 bits per heavy atom. The zero-order valence-corrected chi connectivity index (χ0v) is 12.2. The van der Waals surface area contributed by atoms with Gasteiger partial charge in [0.15, 0.2) is 5.12 Å². The summed E-state index contributed by atoms with van der Waals surface area (Å²) in [6.07, 6.45) is 14.1. The van der Waals surface area contributed by atoms with Crippen LogP contribution in [0.1, 0.15) is 77.6 Å². The molecule has 0 spiro atoms. The van der Waals surface area contributed by atoms with Gasteiger partial charge in [-0.2, -0.15) is 0 Å². The van der Waals surface area contributed by atoms with E-state index in [0.717, 1.165) is 18.6 Å². The first-order chi connectivity index (χ1) is 8.34. The minimum absolute atomic E-state index is 0.397. The molecule has 17 heavy (non-hydrogen) atoms. The molecule has 0 heterocycles. The number of thioether (sulfide) groups is 1. The molecule has 1 fully saturated rings. The molecule has 1 nitrogen and oxygen atoms in total. The van der Waals surface area contributed by atoms with Gasteiger partial charge in [0.2, 0.25) is 0 Å². The molecule has 1 aliphatic carbocycles. The largest absolute Gasteiger partial charge is 0.287 e. The summed E-state index contributed by atoms with van der Waals surface area (Å²) < 4.78 is 0. The Hall–Kier alpha value is 0.0200. The summed E-state index contributed by atoms with van der Waals surface area (Å²) in [6, 6.07) is 0. The average Bonchev–Trinajstić information content (AvgIpc) is 2.38. The van der Waals surface area contributed by atoms with Crippen molar-refractivity contribution < 1.29 is 4.79 Å². The minimum atomic E-state index is 0.397. The van der Waals surface area contributed by atoms with Gasteiger partial charge in [-0.1, -0.05) is 70.1 Å². The van der Waals surface area contributed by atoms with E-state index in [1.54, 1.807) is 11.8 Å². The number of carbonyl (C=O) groups is 1. The van der Waals surface area contributed by atoms with Crippen LogP contribution in [0.15, 0.2) is 0 Å². The van der Waals surface area contributed by atoms with Crippen molar-refractivity contribution in [1.29, 1.82) is 0 Å². The standard InChI is InChI=1S/C15H28OS/c1-2-3-4-5-6-10-13-17-15(16)14-11-8-7-9-12-14/h14H,2-13H2,1H3. The fraction of sp³-hybridized carbons (Fsp3) is 0.933. The maximum atomic E-state index is 11.9. The Bertz CT molecular complexity index is 197. The van der Waals surface area contributed by atoms with Crippen LogP contribution >= 0.6 is 11.8 Å². The summed E-state index contributed by atoms with van der Waals surface area (Å²) in [7, 11) is 0. The van der Waals surface area contributed by atoms with E-state index in [9.17, 15) is 4.79 Å². The summed E-state index contributed by atoms with van der Waals surface area (Å²) >= 11 is 1.61. The van der Waals surface area contributed by atoms with Crippen LogP contribution < -0.4 is 0 Å². The van der Waals surface area contributed by atoms with Gasteiger partial charge in [0, 0.05) is 11.7 Å².